The number of aryl methyl sites for hydroxylation is 2. The molecule has 2 aromatic carbocycles. The Bertz CT molecular complexity index is 1070. The van der Waals surface area contributed by atoms with Crippen LogP contribution in [0, 0.1) is 13.8 Å². The van der Waals surface area contributed by atoms with E-state index in [2.05, 4.69) is 25.5 Å². The summed E-state index contributed by atoms with van der Waals surface area (Å²) < 4.78 is 54.3. The highest BCUT2D eigenvalue weighted by Crippen LogP contribution is 2.30. The van der Waals surface area contributed by atoms with Gasteiger partial charge in [0.05, 0.1) is 15.5 Å². The SMILES string of the molecule is Cc1cc(C(C)(C)C)cc(C)c1S(=O)(=O)Nc1cccc(S(=O)(=O)N(C)C)c1. The molecular formula is C20H28N2O4S2. The molecule has 0 saturated heterocycles. The van der Waals surface area contributed by atoms with Gasteiger partial charge in [0, 0.05) is 14.1 Å². The van der Waals surface area contributed by atoms with Gasteiger partial charge in [-0.3, -0.25) is 4.72 Å². The molecule has 0 aromatic heterocycles. The molecule has 0 bridgehead atoms. The van der Waals surface area contributed by atoms with E-state index in [1.165, 1.54) is 38.4 Å². The van der Waals surface area contributed by atoms with Crippen LogP contribution in [0.2, 0.25) is 0 Å². The Morgan fingerprint density at radius 1 is 0.893 bits per heavy atom. The van der Waals surface area contributed by atoms with E-state index < -0.39 is 20.0 Å². The van der Waals surface area contributed by atoms with E-state index in [4.69, 9.17) is 0 Å². The van der Waals surface area contributed by atoms with Gasteiger partial charge in [-0.25, -0.2) is 21.1 Å². The molecule has 1 N–H and O–H groups in total. The van der Waals surface area contributed by atoms with E-state index in [0.717, 1.165) is 9.87 Å². The lowest BCUT2D eigenvalue weighted by atomic mass is 9.85. The van der Waals surface area contributed by atoms with Crippen LogP contribution in [0.1, 0.15) is 37.5 Å². The van der Waals surface area contributed by atoms with E-state index >= 15 is 0 Å². The first-order valence-electron chi connectivity index (χ1n) is 8.83. The summed E-state index contributed by atoms with van der Waals surface area (Å²) in [6.45, 7) is 9.76. The number of nitrogens with one attached hydrogen (secondary N) is 1. The van der Waals surface area contributed by atoms with Crippen LogP contribution >= 0.6 is 0 Å². The van der Waals surface area contributed by atoms with Crippen LogP contribution in [0.4, 0.5) is 5.69 Å². The average Bonchev–Trinajstić information content (AvgIpc) is 2.52. The average molecular weight is 425 g/mol. The fourth-order valence-electron chi connectivity index (χ4n) is 2.94. The molecule has 0 saturated carbocycles. The second-order valence-electron chi connectivity index (χ2n) is 8.11. The maximum absolute atomic E-state index is 13.0. The fraction of sp³-hybridized carbons (Fsp3) is 0.400. The van der Waals surface area contributed by atoms with Gasteiger partial charge in [-0.05, 0) is 54.2 Å². The van der Waals surface area contributed by atoms with Gasteiger partial charge in [0.15, 0.2) is 0 Å². The summed E-state index contributed by atoms with van der Waals surface area (Å²) >= 11 is 0. The summed E-state index contributed by atoms with van der Waals surface area (Å²) in [7, 11) is -4.68. The molecular weight excluding hydrogens is 396 g/mol. The molecule has 0 radical (unpaired) electrons. The Hall–Kier alpha value is -1.90. The third-order valence-electron chi connectivity index (χ3n) is 4.46. The predicted octanol–water partition coefficient (Wildman–Crippen LogP) is 3.65. The molecule has 0 aliphatic heterocycles. The van der Waals surface area contributed by atoms with E-state index in [1.54, 1.807) is 13.8 Å². The van der Waals surface area contributed by atoms with Crippen LogP contribution in [0.5, 0.6) is 0 Å². The lowest BCUT2D eigenvalue weighted by Crippen LogP contribution is -2.22. The lowest BCUT2D eigenvalue weighted by Gasteiger charge is -2.22. The van der Waals surface area contributed by atoms with Gasteiger partial charge in [-0.15, -0.1) is 0 Å². The Morgan fingerprint density at radius 2 is 1.43 bits per heavy atom. The van der Waals surface area contributed by atoms with E-state index in [1.807, 2.05) is 12.1 Å². The van der Waals surface area contributed by atoms with Crippen molar-refractivity contribution in [2.45, 2.75) is 49.8 Å². The first-order valence-corrected chi connectivity index (χ1v) is 11.8. The quantitative estimate of drug-likeness (QED) is 0.794. The summed E-state index contributed by atoms with van der Waals surface area (Å²) in [5.41, 5.74) is 2.45. The minimum Gasteiger partial charge on any atom is -0.280 e. The third kappa shape index (κ3) is 4.56. The van der Waals surface area contributed by atoms with Crippen LogP contribution < -0.4 is 4.72 Å². The van der Waals surface area contributed by atoms with Gasteiger partial charge in [0.2, 0.25) is 10.0 Å². The molecule has 0 aliphatic rings. The van der Waals surface area contributed by atoms with Crippen molar-refractivity contribution in [1.82, 2.24) is 4.31 Å². The first-order chi connectivity index (χ1) is 12.7. The highest BCUT2D eigenvalue weighted by molar-refractivity contribution is 7.92. The summed E-state index contributed by atoms with van der Waals surface area (Å²) in [6.07, 6.45) is 0. The summed E-state index contributed by atoms with van der Waals surface area (Å²) in [5.74, 6) is 0. The molecule has 154 valence electrons. The van der Waals surface area contributed by atoms with Crippen LogP contribution in [-0.2, 0) is 25.5 Å². The van der Waals surface area contributed by atoms with Crippen LogP contribution in [-0.4, -0.2) is 35.2 Å². The highest BCUT2D eigenvalue weighted by Gasteiger charge is 2.24. The van der Waals surface area contributed by atoms with Crippen molar-refractivity contribution >= 4 is 25.7 Å². The van der Waals surface area contributed by atoms with E-state index in [0.29, 0.717) is 11.1 Å². The first kappa shape index (κ1) is 22.4. The van der Waals surface area contributed by atoms with Crippen LogP contribution in [0.25, 0.3) is 0 Å². The van der Waals surface area contributed by atoms with Crippen molar-refractivity contribution in [3.63, 3.8) is 0 Å². The molecule has 0 unspecified atom stereocenters. The minimum absolute atomic E-state index is 0.0224. The molecule has 0 heterocycles. The van der Waals surface area contributed by atoms with Gasteiger partial charge in [-0.2, -0.15) is 0 Å². The summed E-state index contributed by atoms with van der Waals surface area (Å²) in [6, 6.07) is 9.56. The summed E-state index contributed by atoms with van der Waals surface area (Å²) in [4.78, 5) is 0.232. The van der Waals surface area contributed by atoms with E-state index in [-0.39, 0.29) is 20.9 Å². The predicted molar refractivity (Wildman–Crippen MR) is 113 cm³/mol. The maximum atomic E-state index is 13.0. The number of sulfonamides is 2. The molecule has 0 aliphatic carbocycles. The highest BCUT2D eigenvalue weighted by atomic mass is 32.2. The molecule has 6 nitrogen and oxygen atoms in total. The van der Waals surface area contributed by atoms with Crippen LogP contribution in [0.3, 0.4) is 0 Å². The number of anilines is 1. The monoisotopic (exact) mass is 424 g/mol. The zero-order valence-electron chi connectivity index (χ0n) is 17.4. The number of nitrogens with zero attached hydrogens (tertiary/aromatic N) is 1. The van der Waals surface area contributed by atoms with Gasteiger partial charge < -0.3 is 0 Å². The standard InChI is InChI=1S/C20H28N2O4S2/c1-14-11-16(20(3,4)5)12-15(2)19(14)27(23,24)21-17-9-8-10-18(13-17)28(25,26)22(6)7/h8-13,21H,1-7H3. The van der Waals surface area contributed by atoms with Gasteiger partial charge in [0.1, 0.15) is 0 Å². The number of hydrogen-bond donors (Lipinski definition) is 1. The topological polar surface area (TPSA) is 83.5 Å². The van der Waals surface area contributed by atoms with Crippen molar-refractivity contribution in [2.75, 3.05) is 18.8 Å². The summed E-state index contributed by atoms with van der Waals surface area (Å²) in [5, 5.41) is 0. The number of hydrogen-bond acceptors (Lipinski definition) is 4. The smallest absolute Gasteiger partial charge is 0.262 e. The van der Waals surface area contributed by atoms with Crippen molar-refractivity contribution in [3.05, 3.63) is 53.1 Å². The van der Waals surface area contributed by atoms with Gasteiger partial charge >= 0.3 is 0 Å². The van der Waals surface area contributed by atoms with Gasteiger partial charge in [0.25, 0.3) is 10.0 Å². The number of benzene rings is 2. The minimum atomic E-state index is -3.88. The molecule has 28 heavy (non-hydrogen) atoms. The Morgan fingerprint density at radius 3 is 1.89 bits per heavy atom. The number of rotatable bonds is 5. The maximum Gasteiger partial charge on any atom is 0.262 e. The molecule has 0 atom stereocenters. The molecule has 2 rings (SSSR count). The van der Waals surface area contributed by atoms with Crippen molar-refractivity contribution < 1.29 is 16.8 Å². The Balaban J connectivity index is 2.49. The second-order valence-corrected chi connectivity index (χ2v) is 11.9. The Kier molecular flexibility index (Phi) is 5.99. The molecule has 2 aromatic rings. The normalized spacial score (nSPS) is 13.0. The second kappa shape index (κ2) is 7.50. The molecule has 0 fully saturated rings. The fourth-order valence-corrected chi connectivity index (χ4v) is 5.40. The molecule has 0 amide bonds. The van der Waals surface area contributed by atoms with Crippen molar-refractivity contribution in [2.24, 2.45) is 0 Å². The van der Waals surface area contributed by atoms with Crippen molar-refractivity contribution in [1.29, 1.82) is 0 Å². The Labute approximate surface area is 168 Å². The zero-order chi connectivity index (χ0) is 21.5. The third-order valence-corrected chi connectivity index (χ3v) is 7.96. The largest absolute Gasteiger partial charge is 0.280 e. The molecule has 0 spiro atoms. The van der Waals surface area contributed by atoms with Gasteiger partial charge in [-0.1, -0.05) is 39.0 Å². The van der Waals surface area contributed by atoms with Crippen LogP contribution in [0.15, 0.2) is 46.2 Å². The zero-order valence-corrected chi connectivity index (χ0v) is 19.0. The lowest BCUT2D eigenvalue weighted by molar-refractivity contribution is 0.520. The molecule has 8 heteroatoms. The van der Waals surface area contributed by atoms with E-state index in [9.17, 15) is 16.8 Å². The van der Waals surface area contributed by atoms with Crippen molar-refractivity contribution in [3.8, 4) is 0 Å².